The third-order valence-electron chi connectivity index (χ3n) is 5.62. The highest BCUT2D eigenvalue weighted by Gasteiger charge is 2.38. The Bertz CT molecular complexity index is 837. The second-order valence-corrected chi connectivity index (χ2v) is 9.51. The van der Waals surface area contributed by atoms with Gasteiger partial charge in [0.05, 0.1) is 4.90 Å². The Labute approximate surface area is 176 Å². The van der Waals surface area contributed by atoms with Gasteiger partial charge in [-0.2, -0.15) is 0 Å². The van der Waals surface area contributed by atoms with Crippen molar-refractivity contribution in [2.45, 2.75) is 55.3 Å². The molecule has 144 valence electrons. The van der Waals surface area contributed by atoms with Crippen molar-refractivity contribution >= 4 is 35.0 Å². The number of benzene rings is 2. The van der Waals surface area contributed by atoms with Crippen LogP contribution in [0.5, 0.6) is 5.75 Å². The van der Waals surface area contributed by atoms with Crippen molar-refractivity contribution in [3.63, 3.8) is 0 Å². The van der Waals surface area contributed by atoms with Crippen molar-refractivity contribution < 1.29 is 4.74 Å². The van der Waals surface area contributed by atoms with E-state index < -0.39 is 0 Å². The largest absolute Gasteiger partial charge is 0.488 e. The first kappa shape index (κ1) is 19.4. The van der Waals surface area contributed by atoms with Crippen LogP contribution in [0.1, 0.15) is 44.6 Å². The Morgan fingerprint density at radius 3 is 2.74 bits per heavy atom. The number of rotatable bonds is 5. The molecule has 27 heavy (non-hydrogen) atoms. The number of hydrogen-bond donors (Lipinski definition) is 1. The number of ether oxygens (including phenoxy) is 1. The zero-order valence-corrected chi connectivity index (χ0v) is 18.1. The van der Waals surface area contributed by atoms with E-state index in [-0.39, 0.29) is 0 Å². The lowest BCUT2D eigenvalue weighted by Crippen LogP contribution is -2.37. The summed E-state index contributed by atoms with van der Waals surface area (Å²) in [4.78, 5) is 1.25. The molecular formula is C22H25Cl2NOS. The monoisotopic (exact) mass is 421 g/mol. The van der Waals surface area contributed by atoms with Crippen LogP contribution in [-0.2, 0) is 0 Å². The molecule has 2 atom stereocenters. The second-order valence-electron chi connectivity index (χ2n) is 7.33. The van der Waals surface area contributed by atoms with Gasteiger partial charge in [-0.05, 0) is 55.6 Å². The van der Waals surface area contributed by atoms with Gasteiger partial charge in [0, 0.05) is 38.9 Å². The van der Waals surface area contributed by atoms with Gasteiger partial charge in [0.15, 0.2) is 0 Å². The lowest BCUT2D eigenvalue weighted by atomic mass is 9.89. The molecule has 1 N–H and O–H groups in total. The van der Waals surface area contributed by atoms with Crippen molar-refractivity contribution in [2.24, 2.45) is 0 Å². The fraction of sp³-hybridized carbons (Fsp3) is 0.455. The summed E-state index contributed by atoms with van der Waals surface area (Å²) in [7, 11) is 0. The predicted molar refractivity (Wildman–Crippen MR) is 117 cm³/mol. The van der Waals surface area contributed by atoms with Crippen LogP contribution in [0.15, 0.2) is 35.2 Å². The number of piperidine rings is 1. The summed E-state index contributed by atoms with van der Waals surface area (Å²) >= 11 is 14.6. The first-order valence-electron chi connectivity index (χ1n) is 9.78. The second kappa shape index (κ2) is 8.24. The van der Waals surface area contributed by atoms with Crippen LogP contribution in [0.4, 0.5) is 0 Å². The van der Waals surface area contributed by atoms with Crippen molar-refractivity contribution in [3.05, 3.63) is 45.9 Å². The molecule has 2 aromatic carbocycles. The smallest absolute Gasteiger partial charge is 0.137 e. The molecule has 1 saturated heterocycles. The van der Waals surface area contributed by atoms with Crippen molar-refractivity contribution in [1.29, 1.82) is 0 Å². The molecule has 1 fully saturated rings. The average molecular weight is 422 g/mol. The maximum absolute atomic E-state index is 6.53. The van der Waals surface area contributed by atoms with Gasteiger partial charge in [0.2, 0.25) is 0 Å². The molecule has 2 aliphatic rings. The van der Waals surface area contributed by atoms with Gasteiger partial charge in [-0.3, -0.25) is 0 Å². The minimum Gasteiger partial charge on any atom is -0.488 e. The molecule has 0 aliphatic carbocycles. The molecule has 0 radical (unpaired) electrons. The highest BCUT2D eigenvalue weighted by molar-refractivity contribution is 8.00. The van der Waals surface area contributed by atoms with Crippen LogP contribution in [0, 0.1) is 0 Å². The van der Waals surface area contributed by atoms with Gasteiger partial charge < -0.3 is 10.1 Å². The number of thioether (sulfide) groups is 1. The predicted octanol–water partition coefficient (Wildman–Crippen LogP) is 6.78. The van der Waals surface area contributed by atoms with Crippen LogP contribution in [-0.4, -0.2) is 24.4 Å². The topological polar surface area (TPSA) is 21.3 Å². The Morgan fingerprint density at radius 1 is 1.19 bits per heavy atom. The molecule has 2 aromatic rings. The van der Waals surface area contributed by atoms with Crippen LogP contribution < -0.4 is 10.1 Å². The lowest BCUT2D eigenvalue weighted by molar-refractivity contribution is 0.169. The SMILES string of the molecule is CCC(CC)Sc1cc(-c2ccc(Cl)cc2Cl)cc2c1O[C@H]1CCNC[C@@H]21. The summed E-state index contributed by atoms with van der Waals surface area (Å²) in [5, 5.41) is 5.48. The van der Waals surface area contributed by atoms with Crippen molar-refractivity contribution in [1.82, 2.24) is 5.32 Å². The molecule has 5 heteroatoms. The molecular weight excluding hydrogens is 397 g/mol. The molecule has 0 bridgehead atoms. The Kier molecular flexibility index (Phi) is 5.94. The Balaban J connectivity index is 1.81. The summed E-state index contributed by atoms with van der Waals surface area (Å²) < 4.78 is 6.46. The lowest BCUT2D eigenvalue weighted by Gasteiger charge is -2.24. The van der Waals surface area contributed by atoms with E-state index in [1.165, 1.54) is 10.5 Å². The van der Waals surface area contributed by atoms with E-state index in [2.05, 4.69) is 31.3 Å². The third-order valence-corrected chi connectivity index (χ3v) is 7.72. The fourth-order valence-corrected chi connectivity index (χ4v) is 5.74. The summed E-state index contributed by atoms with van der Waals surface area (Å²) in [5.41, 5.74) is 3.50. The standard InChI is InChI=1S/C22H25Cl2NOS/c1-3-15(4-2)27-21-10-13(16-6-5-14(23)11-19(16)24)9-17-18-12-25-8-7-20(18)26-22(17)21/h5-6,9-11,15,18,20,25H,3-4,7-8,12H2,1-2H3/t18-,20-/m0/s1. The molecule has 0 unspecified atom stereocenters. The Hall–Kier alpha value is -0.870. The molecule has 2 nitrogen and oxygen atoms in total. The van der Waals surface area contributed by atoms with E-state index in [0.29, 0.717) is 27.3 Å². The normalized spacial score (nSPS) is 21.1. The van der Waals surface area contributed by atoms with E-state index in [9.17, 15) is 0 Å². The van der Waals surface area contributed by atoms with Crippen LogP contribution in [0.3, 0.4) is 0 Å². The van der Waals surface area contributed by atoms with Crippen molar-refractivity contribution in [2.75, 3.05) is 13.1 Å². The average Bonchev–Trinajstić information content (AvgIpc) is 3.05. The minimum absolute atomic E-state index is 0.290. The van der Waals surface area contributed by atoms with Gasteiger partial charge in [-0.1, -0.05) is 43.1 Å². The highest BCUT2D eigenvalue weighted by Crippen LogP contribution is 2.49. The quantitative estimate of drug-likeness (QED) is 0.537. The molecule has 0 saturated carbocycles. The molecule has 0 amide bonds. The first-order valence-corrected chi connectivity index (χ1v) is 11.4. The van der Waals surface area contributed by atoms with Gasteiger partial charge >= 0.3 is 0 Å². The maximum atomic E-state index is 6.53. The number of halogens is 2. The van der Waals surface area contributed by atoms with E-state index >= 15 is 0 Å². The van der Waals surface area contributed by atoms with Gasteiger partial charge in [0.1, 0.15) is 11.9 Å². The van der Waals surface area contributed by atoms with Gasteiger partial charge in [0.25, 0.3) is 0 Å². The minimum atomic E-state index is 0.290. The number of hydrogen-bond acceptors (Lipinski definition) is 3. The van der Waals surface area contributed by atoms with Gasteiger partial charge in [-0.25, -0.2) is 0 Å². The molecule has 0 spiro atoms. The zero-order chi connectivity index (χ0) is 19.0. The third kappa shape index (κ3) is 3.85. The van der Waals surface area contributed by atoms with E-state index in [1.807, 2.05) is 30.0 Å². The first-order chi connectivity index (χ1) is 13.1. The maximum Gasteiger partial charge on any atom is 0.137 e. The summed E-state index contributed by atoms with van der Waals surface area (Å²) in [6.45, 7) is 6.52. The number of fused-ring (bicyclic) bond motifs is 3. The van der Waals surface area contributed by atoms with Crippen LogP contribution in [0.2, 0.25) is 10.0 Å². The van der Waals surface area contributed by atoms with E-state index in [4.69, 9.17) is 27.9 Å². The number of nitrogens with one attached hydrogen (secondary N) is 1. The summed E-state index contributed by atoms with van der Waals surface area (Å²) in [6.07, 6.45) is 3.65. The molecule has 4 rings (SSSR count). The molecule has 2 heterocycles. The van der Waals surface area contributed by atoms with Crippen molar-refractivity contribution in [3.8, 4) is 16.9 Å². The summed E-state index contributed by atoms with van der Waals surface area (Å²) in [5.74, 6) is 1.51. The van der Waals surface area contributed by atoms with E-state index in [0.717, 1.165) is 49.2 Å². The fourth-order valence-electron chi connectivity index (χ4n) is 4.06. The van der Waals surface area contributed by atoms with Crippen LogP contribution >= 0.6 is 35.0 Å². The molecule has 2 aliphatic heterocycles. The molecule has 0 aromatic heterocycles. The van der Waals surface area contributed by atoms with E-state index in [1.54, 1.807) is 0 Å². The Morgan fingerprint density at radius 2 is 2.00 bits per heavy atom. The van der Waals surface area contributed by atoms with Gasteiger partial charge in [-0.15, -0.1) is 11.8 Å². The zero-order valence-electron chi connectivity index (χ0n) is 15.7. The summed E-state index contributed by atoms with van der Waals surface area (Å²) in [6, 6.07) is 10.3. The van der Waals surface area contributed by atoms with Crippen LogP contribution in [0.25, 0.3) is 11.1 Å². The highest BCUT2D eigenvalue weighted by atomic mass is 35.5.